The second-order valence-electron chi connectivity index (χ2n) is 10.4. The lowest BCUT2D eigenvalue weighted by molar-refractivity contribution is -0.134. The highest BCUT2D eigenvalue weighted by atomic mass is 16.2. The highest BCUT2D eigenvalue weighted by molar-refractivity contribution is 5.85. The van der Waals surface area contributed by atoms with Crippen LogP contribution in [-0.4, -0.2) is 81.7 Å². The number of anilines is 3. The number of aryl methyl sites for hydroxylation is 1. The summed E-state index contributed by atoms with van der Waals surface area (Å²) in [5, 5.41) is 11.3. The molecule has 4 heterocycles. The number of piperazine rings is 1. The number of amides is 1. The van der Waals surface area contributed by atoms with Crippen LogP contribution in [-0.2, 0) is 17.6 Å². The Kier molecular flexibility index (Phi) is 5.89. The number of aromatic amines is 1. The van der Waals surface area contributed by atoms with Crippen molar-refractivity contribution in [2.24, 2.45) is 0 Å². The summed E-state index contributed by atoms with van der Waals surface area (Å²) in [6.07, 6.45) is 10.0. The summed E-state index contributed by atoms with van der Waals surface area (Å²) in [6.45, 7) is 4.32. The Morgan fingerprint density at radius 2 is 1.82 bits per heavy atom. The van der Waals surface area contributed by atoms with Gasteiger partial charge in [-0.15, -0.1) is 0 Å². The van der Waals surface area contributed by atoms with E-state index < -0.39 is 0 Å². The molecule has 1 amide bonds. The van der Waals surface area contributed by atoms with Crippen molar-refractivity contribution in [3.05, 3.63) is 23.0 Å². The van der Waals surface area contributed by atoms with Crippen LogP contribution in [0.15, 0.2) is 6.07 Å². The summed E-state index contributed by atoms with van der Waals surface area (Å²) >= 11 is 0. The quantitative estimate of drug-likeness (QED) is 0.703. The van der Waals surface area contributed by atoms with E-state index in [9.17, 15) is 4.79 Å². The minimum Gasteiger partial charge on any atom is -0.338 e. The molecule has 0 unspecified atom stereocenters. The third kappa shape index (κ3) is 4.15. The van der Waals surface area contributed by atoms with Crippen LogP contribution in [0.25, 0.3) is 0 Å². The third-order valence-corrected chi connectivity index (χ3v) is 8.17. The summed E-state index contributed by atoms with van der Waals surface area (Å²) < 4.78 is 0. The molecular weight excluding hydrogens is 428 g/mol. The van der Waals surface area contributed by atoms with Gasteiger partial charge in [0.1, 0.15) is 11.9 Å². The zero-order valence-corrected chi connectivity index (χ0v) is 20.2. The molecule has 4 aliphatic rings. The number of hydrogen-bond donors (Lipinski definition) is 2. The monoisotopic (exact) mass is 464 g/mol. The van der Waals surface area contributed by atoms with Crippen molar-refractivity contribution in [3.8, 4) is 0 Å². The normalized spacial score (nSPS) is 23.6. The lowest BCUT2D eigenvalue weighted by atomic mass is 10.0. The smallest absolute Gasteiger partial charge is 0.245 e. The van der Waals surface area contributed by atoms with Crippen LogP contribution < -0.4 is 10.2 Å². The fraction of sp³-hybridized carbons (Fsp3) is 0.680. The van der Waals surface area contributed by atoms with Crippen molar-refractivity contribution >= 4 is 23.5 Å². The number of hydrogen-bond acceptors (Lipinski definition) is 7. The van der Waals surface area contributed by atoms with E-state index in [-0.39, 0.29) is 11.9 Å². The Balaban J connectivity index is 1.24. The summed E-state index contributed by atoms with van der Waals surface area (Å²) in [4.78, 5) is 29.8. The molecule has 2 aromatic heterocycles. The van der Waals surface area contributed by atoms with Crippen LogP contribution in [0.1, 0.15) is 67.8 Å². The van der Waals surface area contributed by atoms with Gasteiger partial charge in [-0.2, -0.15) is 10.1 Å². The van der Waals surface area contributed by atoms with Crippen LogP contribution >= 0.6 is 0 Å². The van der Waals surface area contributed by atoms with Gasteiger partial charge in [-0.1, -0.05) is 12.8 Å². The van der Waals surface area contributed by atoms with Gasteiger partial charge in [0.25, 0.3) is 0 Å². The first-order valence-corrected chi connectivity index (χ1v) is 13.1. The lowest BCUT2D eigenvalue weighted by Crippen LogP contribution is -2.53. The number of H-pyrrole nitrogens is 1. The standard InChI is InChI=1S/C25H36N8O/c1-31-12-14-32(15-13-31)24(34)21-10-5-11-33(21)25-26-19-9-4-8-18(19)23(28-25)27-22-16-20(29-30-22)17-6-2-3-7-17/h16-17,21H,2-15H2,1H3,(H2,26,27,28,29,30)/t21-/m1/s1. The molecule has 1 saturated carbocycles. The number of nitrogens with one attached hydrogen (secondary N) is 2. The molecule has 0 bridgehead atoms. The molecule has 3 fully saturated rings. The fourth-order valence-corrected chi connectivity index (χ4v) is 6.12. The van der Waals surface area contributed by atoms with E-state index in [1.807, 2.05) is 4.90 Å². The fourth-order valence-electron chi connectivity index (χ4n) is 6.12. The third-order valence-electron chi connectivity index (χ3n) is 8.17. The van der Waals surface area contributed by atoms with Gasteiger partial charge in [0.15, 0.2) is 5.82 Å². The second-order valence-corrected chi connectivity index (χ2v) is 10.4. The van der Waals surface area contributed by atoms with Crippen LogP contribution in [0.3, 0.4) is 0 Å². The summed E-state index contributed by atoms with van der Waals surface area (Å²) in [5.74, 6) is 3.21. The molecule has 34 heavy (non-hydrogen) atoms. The maximum atomic E-state index is 13.4. The molecule has 1 atom stereocenters. The Morgan fingerprint density at radius 3 is 2.65 bits per heavy atom. The second kappa shape index (κ2) is 9.17. The molecule has 2 aliphatic heterocycles. The van der Waals surface area contributed by atoms with Crippen LogP contribution in [0.2, 0.25) is 0 Å². The van der Waals surface area contributed by atoms with E-state index in [2.05, 4.69) is 38.4 Å². The highest BCUT2D eigenvalue weighted by Gasteiger charge is 2.37. The first-order chi connectivity index (χ1) is 16.7. The largest absolute Gasteiger partial charge is 0.338 e. The van der Waals surface area contributed by atoms with Gasteiger partial charge >= 0.3 is 0 Å². The van der Waals surface area contributed by atoms with Gasteiger partial charge in [-0.25, -0.2) is 4.98 Å². The predicted molar refractivity (Wildman–Crippen MR) is 132 cm³/mol. The van der Waals surface area contributed by atoms with Crippen molar-refractivity contribution in [1.82, 2.24) is 30.0 Å². The number of rotatable bonds is 5. The molecule has 2 N–H and O–H groups in total. The number of carbonyl (C=O) groups is 1. The Bertz CT molecular complexity index is 1040. The van der Waals surface area contributed by atoms with E-state index in [1.54, 1.807) is 0 Å². The van der Waals surface area contributed by atoms with Gasteiger partial charge in [-0.05, 0) is 52.0 Å². The molecule has 0 radical (unpaired) electrons. The minimum atomic E-state index is -0.157. The highest BCUT2D eigenvalue weighted by Crippen LogP contribution is 2.36. The van der Waals surface area contributed by atoms with Gasteiger partial charge in [-0.3, -0.25) is 9.89 Å². The maximum Gasteiger partial charge on any atom is 0.245 e. The van der Waals surface area contributed by atoms with Crippen LogP contribution in [0.5, 0.6) is 0 Å². The SMILES string of the molecule is CN1CCN(C(=O)[C@H]2CCCN2c2nc3c(c(Nc4cc(C5CCCC5)[nH]n4)n2)CCC3)CC1. The molecule has 0 aromatic carbocycles. The molecule has 2 aromatic rings. The van der Waals surface area contributed by atoms with Crippen molar-refractivity contribution < 1.29 is 4.79 Å². The zero-order valence-electron chi connectivity index (χ0n) is 20.2. The molecule has 182 valence electrons. The molecular formula is C25H36N8O. The molecule has 9 nitrogen and oxygen atoms in total. The lowest BCUT2D eigenvalue weighted by Gasteiger charge is -2.36. The van der Waals surface area contributed by atoms with Crippen molar-refractivity contribution in [2.75, 3.05) is 50.0 Å². The van der Waals surface area contributed by atoms with Crippen molar-refractivity contribution in [3.63, 3.8) is 0 Å². The first-order valence-electron chi connectivity index (χ1n) is 13.1. The average Bonchev–Trinajstić information content (AvgIpc) is 3.65. The number of likely N-dealkylation sites (N-methyl/N-ethyl adjacent to an activating group) is 1. The zero-order chi connectivity index (χ0) is 23.1. The number of nitrogens with zero attached hydrogens (tertiary/aromatic N) is 6. The molecule has 9 heteroatoms. The van der Waals surface area contributed by atoms with Crippen molar-refractivity contribution in [2.45, 2.75) is 69.7 Å². The van der Waals surface area contributed by atoms with E-state index in [4.69, 9.17) is 9.97 Å². The summed E-state index contributed by atoms with van der Waals surface area (Å²) in [7, 11) is 2.12. The Hall–Kier alpha value is -2.68. The number of carbonyl (C=O) groups excluding carboxylic acids is 1. The van der Waals surface area contributed by atoms with Crippen molar-refractivity contribution in [1.29, 1.82) is 0 Å². The summed E-state index contributed by atoms with van der Waals surface area (Å²) in [6, 6.07) is 1.99. The first kappa shape index (κ1) is 21.8. The van der Waals surface area contributed by atoms with E-state index in [0.29, 0.717) is 11.9 Å². The topological polar surface area (TPSA) is 93.3 Å². The van der Waals surface area contributed by atoms with Crippen LogP contribution in [0.4, 0.5) is 17.6 Å². The molecule has 6 rings (SSSR count). The molecule has 2 saturated heterocycles. The van der Waals surface area contributed by atoms with E-state index >= 15 is 0 Å². The summed E-state index contributed by atoms with van der Waals surface area (Å²) in [5.41, 5.74) is 3.55. The average molecular weight is 465 g/mol. The minimum absolute atomic E-state index is 0.157. The van der Waals surface area contributed by atoms with Gasteiger partial charge in [0.05, 0.1) is 5.69 Å². The molecule has 0 spiro atoms. The predicted octanol–water partition coefficient (Wildman–Crippen LogP) is 2.83. The maximum absolute atomic E-state index is 13.4. The number of fused-ring (bicyclic) bond motifs is 1. The van der Waals surface area contributed by atoms with E-state index in [1.165, 1.54) is 36.9 Å². The Morgan fingerprint density at radius 1 is 1.00 bits per heavy atom. The van der Waals surface area contributed by atoms with Crippen LogP contribution in [0, 0.1) is 0 Å². The van der Waals surface area contributed by atoms with Gasteiger partial charge in [0.2, 0.25) is 11.9 Å². The van der Waals surface area contributed by atoms with E-state index in [0.717, 1.165) is 82.2 Å². The molecule has 2 aliphatic carbocycles. The Labute approximate surface area is 201 Å². The van der Waals surface area contributed by atoms with Gasteiger partial charge < -0.3 is 20.0 Å². The van der Waals surface area contributed by atoms with Gasteiger partial charge in [0, 0.05) is 56.0 Å². The number of aromatic nitrogens is 4.